The molecule has 0 radical (unpaired) electrons. The summed E-state index contributed by atoms with van der Waals surface area (Å²) in [6.07, 6.45) is 3.53. The molecule has 0 saturated carbocycles. The van der Waals surface area contributed by atoms with Gasteiger partial charge in [-0.2, -0.15) is 0 Å². The number of para-hydroxylation sites is 1. The van der Waals surface area contributed by atoms with Crippen molar-refractivity contribution < 1.29 is 0 Å². The number of rotatable bonds is 9. The van der Waals surface area contributed by atoms with Crippen LogP contribution in [0.2, 0.25) is 0 Å². The van der Waals surface area contributed by atoms with Crippen LogP contribution >= 0.6 is 11.3 Å². The lowest BCUT2D eigenvalue weighted by Gasteiger charge is -2.21. The Labute approximate surface area is 132 Å². The number of thiazole rings is 1. The Balaban J connectivity index is 2.09. The van der Waals surface area contributed by atoms with E-state index < -0.39 is 0 Å². The van der Waals surface area contributed by atoms with Crippen molar-refractivity contribution in [3.63, 3.8) is 0 Å². The summed E-state index contributed by atoms with van der Waals surface area (Å²) < 4.78 is 0. The Morgan fingerprint density at radius 2 is 1.95 bits per heavy atom. The van der Waals surface area contributed by atoms with Crippen LogP contribution in [0.5, 0.6) is 0 Å². The van der Waals surface area contributed by atoms with E-state index in [9.17, 15) is 0 Å². The molecule has 1 aromatic heterocycles. The largest absolute Gasteiger partial charge is 0.318 e. The number of anilines is 2. The SMILES string of the molecule is CCCCN(c1ccccc1)c1nc(CNCCC)cs1. The minimum atomic E-state index is 0.862. The van der Waals surface area contributed by atoms with Gasteiger partial charge in [0.1, 0.15) is 0 Å². The quantitative estimate of drug-likeness (QED) is 0.687. The lowest BCUT2D eigenvalue weighted by molar-refractivity contribution is 0.666. The summed E-state index contributed by atoms with van der Waals surface area (Å²) in [5.41, 5.74) is 2.37. The third-order valence-electron chi connectivity index (χ3n) is 3.31. The van der Waals surface area contributed by atoms with Crippen molar-refractivity contribution in [1.29, 1.82) is 0 Å². The van der Waals surface area contributed by atoms with E-state index in [2.05, 4.69) is 59.8 Å². The lowest BCUT2D eigenvalue weighted by Crippen LogP contribution is -2.18. The second-order valence-electron chi connectivity index (χ2n) is 5.14. The van der Waals surface area contributed by atoms with Crippen molar-refractivity contribution in [2.24, 2.45) is 0 Å². The summed E-state index contributed by atoms with van der Waals surface area (Å²) in [7, 11) is 0. The fraction of sp³-hybridized carbons (Fsp3) is 0.471. The smallest absolute Gasteiger partial charge is 0.190 e. The number of nitrogens with zero attached hydrogens (tertiary/aromatic N) is 2. The van der Waals surface area contributed by atoms with Crippen LogP contribution in [0, 0.1) is 0 Å². The van der Waals surface area contributed by atoms with E-state index in [0.29, 0.717) is 0 Å². The molecule has 0 unspecified atom stereocenters. The summed E-state index contributed by atoms with van der Waals surface area (Å²) in [5.74, 6) is 0. The van der Waals surface area contributed by atoms with E-state index in [1.54, 1.807) is 11.3 Å². The van der Waals surface area contributed by atoms with Crippen LogP contribution in [-0.2, 0) is 6.54 Å². The van der Waals surface area contributed by atoms with Crippen molar-refractivity contribution >= 4 is 22.2 Å². The van der Waals surface area contributed by atoms with Crippen LogP contribution in [0.1, 0.15) is 38.8 Å². The van der Waals surface area contributed by atoms with Gasteiger partial charge >= 0.3 is 0 Å². The van der Waals surface area contributed by atoms with Gasteiger partial charge in [0, 0.05) is 24.2 Å². The first-order valence-corrected chi connectivity index (χ1v) is 8.70. The molecule has 2 aromatic rings. The zero-order chi connectivity index (χ0) is 14.9. The molecular weight excluding hydrogens is 278 g/mol. The van der Waals surface area contributed by atoms with Gasteiger partial charge in [0.05, 0.1) is 5.69 Å². The Kier molecular flexibility index (Phi) is 6.70. The number of hydrogen-bond acceptors (Lipinski definition) is 4. The first-order valence-electron chi connectivity index (χ1n) is 7.82. The molecule has 2 rings (SSSR count). The zero-order valence-electron chi connectivity index (χ0n) is 13.0. The molecule has 0 aliphatic carbocycles. The lowest BCUT2D eigenvalue weighted by atomic mass is 10.2. The van der Waals surface area contributed by atoms with Crippen LogP contribution in [0.4, 0.5) is 10.8 Å². The number of benzene rings is 1. The first kappa shape index (κ1) is 16.0. The van der Waals surface area contributed by atoms with Crippen LogP contribution < -0.4 is 10.2 Å². The molecule has 21 heavy (non-hydrogen) atoms. The topological polar surface area (TPSA) is 28.2 Å². The fourth-order valence-electron chi connectivity index (χ4n) is 2.15. The highest BCUT2D eigenvalue weighted by molar-refractivity contribution is 7.13. The third-order valence-corrected chi connectivity index (χ3v) is 4.22. The van der Waals surface area contributed by atoms with Crippen molar-refractivity contribution in [3.05, 3.63) is 41.4 Å². The molecule has 0 spiro atoms. The maximum Gasteiger partial charge on any atom is 0.190 e. The molecule has 0 fully saturated rings. The van der Waals surface area contributed by atoms with Crippen molar-refractivity contribution in [3.8, 4) is 0 Å². The predicted molar refractivity (Wildman–Crippen MR) is 92.5 cm³/mol. The molecule has 3 nitrogen and oxygen atoms in total. The fourth-order valence-corrected chi connectivity index (χ4v) is 3.03. The van der Waals surface area contributed by atoms with Crippen LogP contribution in [0.3, 0.4) is 0 Å². The average molecular weight is 303 g/mol. The van der Waals surface area contributed by atoms with Gasteiger partial charge in [-0.1, -0.05) is 38.5 Å². The van der Waals surface area contributed by atoms with E-state index in [1.807, 2.05) is 0 Å². The molecule has 1 aromatic carbocycles. The molecule has 0 aliphatic heterocycles. The van der Waals surface area contributed by atoms with Gasteiger partial charge in [0.15, 0.2) is 5.13 Å². The predicted octanol–water partition coefficient (Wildman–Crippen LogP) is 4.58. The summed E-state index contributed by atoms with van der Waals surface area (Å²) in [5, 5.41) is 6.68. The Morgan fingerprint density at radius 3 is 2.67 bits per heavy atom. The van der Waals surface area contributed by atoms with Gasteiger partial charge in [-0.15, -0.1) is 11.3 Å². The van der Waals surface area contributed by atoms with Crippen LogP contribution in [0.25, 0.3) is 0 Å². The molecule has 114 valence electrons. The van der Waals surface area contributed by atoms with Crippen LogP contribution in [-0.4, -0.2) is 18.1 Å². The van der Waals surface area contributed by atoms with E-state index >= 15 is 0 Å². The summed E-state index contributed by atoms with van der Waals surface area (Å²) in [6, 6.07) is 10.6. The summed E-state index contributed by atoms with van der Waals surface area (Å²) >= 11 is 1.74. The molecule has 1 N–H and O–H groups in total. The maximum atomic E-state index is 4.79. The Hall–Kier alpha value is -1.39. The van der Waals surface area contributed by atoms with Crippen LogP contribution in [0.15, 0.2) is 35.7 Å². The van der Waals surface area contributed by atoms with Gasteiger partial charge in [-0.25, -0.2) is 4.98 Å². The second kappa shape index (κ2) is 8.80. The normalized spacial score (nSPS) is 10.8. The number of aromatic nitrogens is 1. The van der Waals surface area contributed by atoms with Gasteiger partial charge in [-0.05, 0) is 31.5 Å². The van der Waals surface area contributed by atoms with E-state index in [0.717, 1.165) is 36.9 Å². The van der Waals surface area contributed by atoms with Gasteiger partial charge < -0.3 is 10.2 Å². The number of nitrogens with one attached hydrogen (secondary N) is 1. The zero-order valence-corrected chi connectivity index (χ0v) is 13.8. The molecule has 0 saturated heterocycles. The van der Waals surface area contributed by atoms with Gasteiger partial charge in [0.2, 0.25) is 0 Å². The summed E-state index contributed by atoms with van der Waals surface area (Å²) in [6.45, 7) is 7.34. The maximum absolute atomic E-state index is 4.79. The molecule has 0 amide bonds. The Morgan fingerprint density at radius 1 is 1.14 bits per heavy atom. The van der Waals surface area contributed by atoms with Gasteiger partial charge in [0.25, 0.3) is 0 Å². The first-order chi connectivity index (χ1) is 10.3. The van der Waals surface area contributed by atoms with E-state index in [1.165, 1.54) is 18.5 Å². The average Bonchev–Trinajstić information content (AvgIpc) is 2.98. The minimum absolute atomic E-state index is 0.862. The molecule has 0 aliphatic rings. The van der Waals surface area contributed by atoms with E-state index in [-0.39, 0.29) is 0 Å². The number of hydrogen-bond donors (Lipinski definition) is 1. The summed E-state index contributed by atoms with van der Waals surface area (Å²) in [4.78, 5) is 7.12. The molecule has 1 heterocycles. The van der Waals surface area contributed by atoms with Crippen molar-refractivity contribution in [1.82, 2.24) is 10.3 Å². The van der Waals surface area contributed by atoms with Gasteiger partial charge in [-0.3, -0.25) is 0 Å². The third kappa shape index (κ3) is 4.83. The van der Waals surface area contributed by atoms with Crippen molar-refractivity contribution in [2.45, 2.75) is 39.7 Å². The molecular formula is C17H25N3S. The molecule has 0 atom stereocenters. The minimum Gasteiger partial charge on any atom is -0.318 e. The highest BCUT2D eigenvalue weighted by atomic mass is 32.1. The van der Waals surface area contributed by atoms with E-state index in [4.69, 9.17) is 4.98 Å². The molecule has 4 heteroatoms. The standard InChI is InChI=1S/C17H25N3S/c1-3-5-12-20(16-9-7-6-8-10-16)17-19-15(14-21-17)13-18-11-4-2/h6-10,14,18H,3-5,11-13H2,1-2H3. The highest BCUT2D eigenvalue weighted by Crippen LogP contribution is 2.28. The highest BCUT2D eigenvalue weighted by Gasteiger charge is 2.12. The monoisotopic (exact) mass is 303 g/mol. The second-order valence-corrected chi connectivity index (χ2v) is 5.98. The van der Waals surface area contributed by atoms with Crippen molar-refractivity contribution in [2.75, 3.05) is 18.0 Å². The number of unbranched alkanes of at least 4 members (excludes halogenated alkanes) is 1. The Bertz CT molecular complexity index is 510. The molecule has 0 bridgehead atoms.